The molecular formula is C29H25FN4O. The van der Waals surface area contributed by atoms with Gasteiger partial charge in [0.1, 0.15) is 5.82 Å². The highest BCUT2D eigenvalue weighted by Crippen LogP contribution is 2.31. The van der Waals surface area contributed by atoms with Crippen molar-refractivity contribution in [3.8, 4) is 16.9 Å². The van der Waals surface area contributed by atoms with Crippen molar-refractivity contribution in [1.29, 1.82) is 0 Å². The number of aryl methyl sites for hydroxylation is 2. The van der Waals surface area contributed by atoms with Crippen LogP contribution in [0, 0.1) is 19.7 Å². The summed E-state index contributed by atoms with van der Waals surface area (Å²) in [5.41, 5.74) is 9.77. The number of hydrogen-bond acceptors (Lipinski definition) is 2. The summed E-state index contributed by atoms with van der Waals surface area (Å²) >= 11 is 0. The largest absolute Gasteiger partial charge is 0.343 e. The Balaban J connectivity index is 1.47. The van der Waals surface area contributed by atoms with Crippen molar-refractivity contribution in [3.63, 3.8) is 0 Å². The number of nitrogens with one attached hydrogen (secondary N) is 1. The molecule has 0 spiro atoms. The molecule has 0 bridgehead atoms. The van der Waals surface area contributed by atoms with Gasteiger partial charge in [0.15, 0.2) is 0 Å². The number of nitrogens with zero attached hydrogens (tertiary/aromatic N) is 3. The minimum atomic E-state index is -0.302. The molecule has 1 N–H and O–H groups in total. The van der Waals surface area contributed by atoms with Gasteiger partial charge in [-0.05, 0) is 55.8 Å². The minimum Gasteiger partial charge on any atom is -0.343 e. The third-order valence-corrected chi connectivity index (χ3v) is 6.31. The molecule has 5 nitrogen and oxygen atoms in total. The maximum Gasteiger partial charge on any atom is 0.273 e. The molecule has 0 radical (unpaired) electrons. The second-order valence-electron chi connectivity index (χ2n) is 8.50. The van der Waals surface area contributed by atoms with E-state index in [0.717, 1.165) is 44.8 Å². The van der Waals surface area contributed by atoms with Crippen LogP contribution in [-0.2, 0) is 7.05 Å². The summed E-state index contributed by atoms with van der Waals surface area (Å²) in [6.45, 7) is 3.78. The van der Waals surface area contributed by atoms with Gasteiger partial charge in [-0.3, -0.25) is 4.79 Å². The van der Waals surface area contributed by atoms with Gasteiger partial charge in [-0.2, -0.15) is 5.10 Å². The zero-order valence-corrected chi connectivity index (χ0v) is 19.8. The molecule has 5 aromatic rings. The number of fused-ring (bicyclic) bond motifs is 1. The number of rotatable bonds is 5. The Morgan fingerprint density at radius 1 is 0.943 bits per heavy atom. The maximum atomic E-state index is 13.4. The molecule has 0 aliphatic heterocycles. The van der Waals surface area contributed by atoms with E-state index in [9.17, 15) is 9.18 Å². The Bertz CT molecular complexity index is 1560. The van der Waals surface area contributed by atoms with Gasteiger partial charge in [0, 0.05) is 40.6 Å². The SMILES string of the molecule is Cc1cc(C(=O)NN=Cc2c(-c3ccccc3)n(C)c3ccccc23)c(C)n1-c1ccc(F)cc1. The number of aromatic nitrogens is 2. The van der Waals surface area contributed by atoms with Crippen molar-refractivity contribution in [3.05, 3.63) is 113 Å². The first-order valence-electron chi connectivity index (χ1n) is 11.4. The molecule has 3 aromatic carbocycles. The van der Waals surface area contributed by atoms with E-state index in [1.807, 2.05) is 61.9 Å². The molecule has 0 saturated heterocycles. The van der Waals surface area contributed by atoms with E-state index in [-0.39, 0.29) is 11.7 Å². The predicted molar refractivity (Wildman–Crippen MR) is 139 cm³/mol. The Morgan fingerprint density at radius 3 is 2.37 bits per heavy atom. The molecule has 2 heterocycles. The zero-order chi connectivity index (χ0) is 24.5. The van der Waals surface area contributed by atoms with Crippen LogP contribution in [0.4, 0.5) is 4.39 Å². The quantitative estimate of drug-likeness (QED) is 0.246. The highest BCUT2D eigenvalue weighted by molar-refractivity contribution is 6.07. The first kappa shape index (κ1) is 22.3. The molecule has 1 amide bonds. The first-order chi connectivity index (χ1) is 17.0. The fourth-order valence-electron chi connectivity index (χ4n) is 4.69. The van der Waals surface area contributed by atoms with Crippen LogP contribution in [0.2, 0.25) is 0 Å². The topological polar surface area (TPSA) is 51.3 Å². The molecule has 35 heavy (non-hydrogen) atoms. The lowest BCUT2D eigenvalue weighted by Crippen LogP contribution is -2.18. The lowest BCUT2D eigenvalue weighted by molar-refractivity contribution is 0.0954. The highest BCUT2D eigenvalue weighted by atomic mass is 19.1. The van der Waals surface area contributed by atoms with Crippen molar-refractivity contribution in [1.82, 2.24) is 14.6 Å². The van der Waals surface area contributed by atoms with Crippen molar-refractivity contribution in [2.24, 2.45) is 12.1 Å². The van der Waals surface area contributed by atoms with E-state index in [4.69, 9.17) is 0 Å². The van der Waals surface area contributed by atoms with E-state index in [1.54, 1.807) is 18.3 Å². The minimum absolute atomic E-state index is 0.299. The normalized spacial score (nSPS) is 11.4. The van der Waals surface area contributed by atoms with Gasteiger partial charge in [-0.1, -0.05) is 48.5 Å². The molecular weight excluding hydrogens is 439 g/mol. The molecule has 0 saturated carbocycles. The summed E-state index contributed by atoms with van der Waals surface area (Å²) in [4.78, 5) is 13.0. The fraction of sp³-hybridized carbons (Fsp3) is 0.103. The standard InChI is InChI=1S/C29H25FN4O/c1-19-17-25(20(2)34(19)23-15-13-22(30)14-16-23)29(35)32-31-18-26-24-11-7-8-12-27(24)33(3)28(26)21-9-5-4-6-10-21/h4-18H,1-3H3,(H,32,35). The third kappa shape index (κ3) is 4.04. The number of halogens is 1. The predicted octanol–water partition coefficient (Wildman–Crippen LogP) is 6.16. The summed E-state index contributed by atoms with van der Waals surface area (Å²) in [6.07, 6.45) is 1.71. The summed E-state index contributed by atoms with van der Waals surface area (Å²) < 4.78 is 17.4. The zero-order valence-electron chi connectivity index (χ0n) is 19.8. The Morgan fingerprint density at radius 2 is 1.63 bits per heavy atom. The van der Waals surface area contributed by atoms with Crippen molar-refractivity contribution < 1.29 is 9.18 Å². The van der Waals surface area contributed by atoms with Crippen LogP contribution in [0.5, 0.6) is 0 Å². The molecule has 2 aromatic heterocycles. The average molecular weight is 465 g/mol. The van der Waals surface area contributed by atoms with E-state index < -0.39 is 0 Å². The third-order valence-electron chi connectivity index (χ3n) is 6.31. The van der Waals surface area contributed by atoms with Crippen LogP contribution in [0.3, 0.4) is 0 Å². The van der Waals surface area contributed by atoms with Crippen LogP contribution in [0.15, 0.2) is 90.0 Å². The summed E-state index contributed by atoms with van der Waals surface area (Å²) in [5.74, 6) is -0.601. The van der Waals surface area contributed by atoms with Crippen molar-refractivity contribution in [2.75, 3.05) is 0 Å². The van der Waals surface area contributed by atoms with E-state index in [2.05, 4.69) is 39.4 Å². The number of hydrazone groups is 1. The monoisotopic (exact) mass is 464 g/mol. The molecule has 6 heteroatoms. The number of benzene rings is 3. The van der Waals surface area contributed by atoms with E-state index >= 15 is 0 Å². The summed E-state index contributed by atoms with van der Waals surface area (Å²) in [7, 11) is 2.03. The molecule has 0 aliphatic rings. The van der Waals surface area contributed by atoms with Gasteiger partial charge < -0.3 is 9.13 Å². The number of hydrogen-bond donors (Lipinski definition) is 1. The average Bonchev–Trinajstić information content (AvgIpc) is 3.33. The first-order valence-corrected chi connectivity index (χ1v) is 11.4. The van der Waals surface area contributed by atoms with Crippen LogP contribution in [0.1, 0.15) is 27.3 Å². The molecule has 5 rings (SSSR count). The molecule has 0 unspecified atom stereocenters. The lowest BCUT2D eigenvalue weighted by Gasteiger charge is -2.09. The van der Waals surface area contributed by atoms with Crippen LogP contribution >= 0.6 is 0 Å². The lowest BCUT2D eigenvalue weighted by atomic mass is 10.1. The smallest absolute Gasteiger partial charge is 0.273 e. The second-order valence-corrected chi connectivity index (χ2v) is 8.50. The van der Waals surface area contributed by atoms with Gasteiger partial charge in [-0.15, -0.1) is 0 Å². The van der Waals surface area contributed by atoms with Crippen LogP contribution < -0.4 is 5.43 Å². The van der Waals surface area contributed by atoms with Gasteiger partial charge in [0.05, 0.1) is 17.5 Å². The highest BCUT2D eigenvalue weighted by Gasteiger charge is 2.18. The summed E-state index contributed by atoms with van der Waals surface area (Å²) in [5, 5.41) is 5.39. The van der Waals surface area contributed by atoms with Crippen molar-refractivity contribution in [2.45, 2.75) is 13.8 Å². The molecule has 174 valence electrons. The molecule has 0 fully saturated rings. The number of carbonyl (C=O) groups is 1. The van der Waals surface area contributed by atoms with E-state index in [0.29, 0.717) is 5.56 Å². The van der Waals surface area contributed by atoms with Gasteiger partial charge in [0.2, 0.25) is 0 Å². The fourth-order valence-corrected chi connectivity index (χ4v) is 4.69. The number of amides is 1. The molecule has 0 aliphatic carbocycles. The van der Waals surface area contributed by atoms with Crippen LogP contribution in [0.25, 0.3) is 27.8 Å². The second kappa shape index (κ2) is 9.06. The number of para-hydroxylation sites is 1. The van der Waals surface area contributed by atoms with Gasteiger partial charge in [-0.25, -0.2) is 9.82 Å². The summed E-state index contributed by atoms with van der Waals surface area (Å²) in [6, 6.07) is 26.3. The number of carbonyl (C=O) groups excluding carboxylic acids is 1. The van der Waals surface area contributed by atoms with Crippen LogP contribution in [-0.4, -0.2) is 21.3 Å². The van der Waals surface area contributed by atoms with E-state index in [1.165, 1.54) is 12.1 Å². The molecule has 0 atom stereocenters. The maximum absolute atomic E-state index is 13.4. The Hall–Kier alpha value is -4.45. The Kier molecular flexibility index (Phi) is 5.79. The van der Waals surface area contributed by atoms with Gasteiger partial charge >= 0.3 is 0 Å². The Labute approximate surface area is 203 Å². The van der Waals surface area contributed by atoms with Crippen molar-refractivity contribution >= 4 is 23.0 Å². The van der Waals surface area contributed by atoms with Gasteiger partial charge in [0.25, 0.3) is 5.91 Å².